The molecule has 0 aliphatic heterocycles. The van der Waals surface area contributed by atoms with Crippen molar-refractivity contribution in [1.82, 2.24) is 4.98 Å². The predicted octanol–water partition coefficient (Wildman–Crippen LogP) is 1.54. The molecular formula is C11H8BN. The van der Waals surface area contributed by atoms with E-state index in [1.165, 1.54) is 0 Å². The van der Waals surface area contributed by atoms with Crippen molar-refractivity contribution < 1.29 is 0 Å². The third kappa shape index (κ3) is 1.78. The summed E-state index contributed by atoms with van der Waals surface area (Å²) in [5.74, 6) is 0. The maximum absolute atomic E-state index is 5.54. The van der Waals surface area contributed by atoms with Gasteiger partial charge in [-0.05, 0) is 6.07 Å². The Morgan fingerprint density at radius 1 is 0.923 bits per heavy atom. The summed E-state index contributed by atoms with van der Waals surface area (Å²) < 4.78 is 0. The second kappa shape index (κ2) is 3.44. The molecule has 0 aliphatic carbocycles. The Morgan fingerprint density at radius 2 is 1.69 bits per heavy atom. The van der Waals surface area contributed by atoms with Crippen molar-refractivity contribution in [3.63, 3.8) is 0 Å². The van der Waals surface area contributed by atoms with Crippen LogP contribution in [0.2, 0.25) is 0 Å². The minimum absolute atomic E-state index is 0.694. The standard InChI is InChI=1S/C11H8BN/c12-10-6-7-11(13-8-10)9-4-2-1-3-5-9/h1-8H. The molecule has 0 amide bonds. The van der Waals surface area contributed by atoms with Crippen molar-refractivity contribution in [3.8, 4) is 11.3 Å². The normalized spacial score (nSPS) is 9.85. The SMILES string of the molecule is [B]c1ccc(-c2ccccc2)nc1. The van der Waals surface area contributed by atoms with Crippen LogP contribution in [0.5, 0.6) is 0 Å². The number of nitrogens with zero attached hydrogens (tertiary/aromatic N) is 1. The second-order valence-electron chi connectivity index (χ2n) is 2.84. The fraction of sp³-hybridized carbons (Fsp3) is 0. The predicted molar refractivity (Wildman–Crippen MR) is 55.1 cm³/mol. The molecule has 0 bridgehead atoms. The van der Waals surface area contributed by atoms with Crippen molar-refractivity contribution >= 4 is 13.3 Å². The van der Waals surface area contributed by atoms with Gasteiger partial charge in [-0.2, -0.15) is 0 Å². The van der Waals surface area contributed by atoms with Crippen molar-refractivity contribution in [1.29, 1.82) is 0 Å². The molecule has 0 aliphatic rings. The van der Waals surface area contributed by atoms with Crippen LogP contribution in [-0.4, -0.2) is 12.8 Å². The zero-order chi connectivity index (χ0) is 9.10. The average Bonchev–Trinajstić information content (AvgIpc) is 2.20. The van der Waals surface area contributed by atoms with E-state index < -0.39 is 0 Å². The summed E-state index contributed by atoms with van der Waals surface area (Å²) >= 11 is 0. The Labute approximate surface area is 78.9 Å². The number of rotatable bonds is 1. The molecule has 1 heterocycles. The molecule has 60 valence electrons. The van der Waals surface area contributed by atoms with Crippen molar-refractivity contribution in [3.05, 3.63) is 48.7 Å². The number of aromatic nitrogens is 1. The van der Waals surface area contributed by atoms with Gasteiger partial charge in [-0.15, -0.1) is 0 Å². The molecule has 2 heteroatoms. The van der Waals surface area contributed by atoms with Gasteiger partial charge in [0.15, 0.2) is 0 Å². The van der Waals surface area contributed by atoms with Crippen LogP contribution in [-0.2, 0) is 0 Å². The average molecular weight is 165 g/mol. The first-order valence-corrected chi connectivity index (χ1v) is 4.13. The van der Waals surface area contributed by atoms with E-state index in [4.69, 9.17) is 7.85 Å². The lowest BCUT2D eigenvalue weighted by Crippen LogP contribution is -2.01. The molecule has 1 nitrogen and oxygen atoms in total. The van der Waals surface area contributed by atoms with E-state index in [1.54, 1.807) is 6.20 Å². The third-order valence-corrected chi connectivity index (χ3v) is 1.86. The van der Waals surface area contributed by atoms with E-state index in [0.29, 0.717) is 5.46 Å². The van der Waals surface area contributed by atoms with E-state index in [1.807, 2.05) is 42.5 Å². The van der Waals surface area contributed by atoms with Crippen LogP contribution in [0, 0.1) is 0 Å². The lowest BCUT2D eigenvalue weighted by Gasteiger charge is -1.99. The highest BCUT2D eigenvalue weighted by Crippen LogP contribution is 2.13. The Kier molecular flexibility index (Phi) is 2.13. The molecule has 1 aromatic heterocycles. The van der Waals surface area contributed by atoms with Crippen LogP contribution < -0.4 is 5.46 Å². The summed E-state index contributed by atoms with van der Waals surface area (Å²) in [6, 6.07) is 13.8. The van der Waals surface area contributed by atoms with Crippen LogP contribution in [0.15, 0.2) is 48.7 Å². The van der Waals surface area contributed by atoms with Gasteiger partial charge in [0.2, 0.25) is 0 Å². The van der Waals surface area contributed by atoms with Gasteiger partial charge < -0.3 is 0 Å². The minimum Gasteiger partial charge on any atom is -0.257 e. The van der Waals surface area contributed by atoms with Crippen LogP contribution in [0.4, 0.5) is 0 Å². The number of hydrogen-bond acceptors (Lipinski definition) is 1. The zero-order valence-electron chi connectivity index (χ0n) is 7.14. The molecule has 0 unspecified atom stereocenters. The van der Waals surface area contributed by atoms with Crippen LogP contribution in [0.1, 0.15) is 0 Å². The van der Waals surface area contributed by atoms with Gasteiger partial charge in [0, 0.05) is 11.8 Å². The molecule has 0 N–H and O–H groups in total. The van der Waals surface area contributed by atoms with Gasteiger partial charge in [-0.1, -0.05) is 41.9 Å². The number of benzene rings is 1. The first-order valence-electron chi connectivity index (χ1n) is 4.13. The van der Waals surface area contributed by atoms with Crippen LogP contribution in [0.3, 0.4) is 0 Å². The molecular weight excluding hydrogens is 157 g/mol. The molecule has 2 rings (SSSR count). The maximum atomic E-state index is 5.54. The van der Waals surface area contributed by atoms with E-state index in [2.05, 4.69) is 4.98 Å². The van der Waals surface area contributed by atoms with Gasteiger partial charge in [0.25, 0.3) is 0 Å². The first-order chi connectivity index (χ1) is 6.36. The Hall–Kier alpha value is -1.57. The third-order valence-electron chi connectivity index (χ3n) is 1.86. The molecule has 0 saturated carbocycles. The molecule has 0 spiro atoms. The van der Waals surface area contributed by atoms with Crippen molar-refractivity contribution in [2.24, 2.45) is 0 Å². The molecule has 2 radical (unpaired) electrons. The topological polar surface area (TPSA) is 12.9 Å². The highest BCUT2D eigenvalue weighted by atomic mass is 14.7. The minimum atomic E-state index is 0.694. The smallest absolute Gasteiger partial charge is 0.115 e. The fourth-order valence-corrected chi connectivity index (χ4v) is 1.18. The Bertz CT molecular complexity index is 381. The summed E-state index contributed by atoms with van der Waals surface area (Å²) in [6.45, 7) is 0. The number of pyridine rings is 1. The van der Waals surface area contributed by atoms with E-state index in [9.17, 15) is 0 Å². The molecule has 0 fully saturated rings. The van der Waals surface area contributed by atoms with Gasteiger partial charge in [0.1, 0.15) is 7.85 Å². The summed E-state index contributed by atoms with van der Waals surface area (Å²) in [7, 11) is 5.54. The van der Waals surface area contributed by atoms with Crippen LogP contribution >= 0.6 is 0 Å². The Balaban J connectivity index is 2.42. The lowest BCUT2D eigenvalue weighted by molar-refractivity contribution is 1.34. The highest BCUT2D eigenvalue weighted by Gasteiger charge is 1.95. The summed E-state index contributed by atoms with van der Waals surface area (Å²) in [6.07, 6.45) is 1.67. The highest BCUT2D eigenvalue weighted by molar-refractivity contribution is 6.32. The largest absolute Gasteiger partial charge is 0.257 e. The molecule has 1 aromatic carbocycles. The van der Waals surface area contributed by atoms with Crippen molar-refractivity contribution in [2.75, 3.05) is 0 Å². The van der Waals surface area contributed by atoms with Gasteiger partial charge >= 0.3 is 0 Å². The number of hydrogen-bond donors (Lipinski definition) is 0. The zero-order valence-corrected chi connectivity index (χ0v) is 7.14. The van der Waals surface area contributed by atoms with E-state index in [-0.39, 0.29) is 0 Å². The van der Waals surface area contributed by atoms with Gasteiger partial charge in [-0.25, -0.2) is 0 Å². The van der Waals surface area contributed by atoms with Crippen molar-refractivity contribution in [2.45, 2.75) is 0 Å². The second-order valence-corrected chi connectivity index (χ2v) is 2.84. The van der Waals surface area contributed by atoms with E-state index in [0.717, 1.165) is 11.3 Å². The maximum Gasteiger partial charge on any atom is 0.115 e. The fourth-order valence-electron chi connectivity index (χ4n) is 1.18. The quantitative estimate of drug-likeness (QED) is 0.584. The summed E-state index contributed by atoms with van der Waals surface area (Å²) in [4.78, 5) is 4.22. The molecule has 0 saturated heterocycles. The summed E-state index contributed by atoms with van der Waals surface area (Å²) in [5, 5.41) is 0. The summed E-state index contributed by atoms with van der Waals surface area (Å²) in [5.41, 5.74) is 2.76. The Morgan fingerprint density at radius 3 is 2.31 bits per heavy atom. The molecule has 0 atom stereocenters. The molecule has 13 heavy (non-hydrogen) atoms. The lowest BCUT2D eigenvalue weighted by atomic mass is 9.98. The van der Waals surface area contributed by atoms with Gasteiger partial charge in [0.05, 0.1) is 5.69 Å². The van der Waals surface area contributed by atoms with E-state index >= 15 is 0 Å². The monoisotopic (exact) mass is 165 g/mol. The molecule has 2 aromatic rings. The van der Waals surface area contributed by atoms with Gasteiger partial charge in [-0.3, -0.25) is 4.98 Å². The van der Waals surface area contributed by atoms with Crippen LogP contribution in [0.25, 0.3) is 11.3 Å². The first kappa shape index (κ1) is 8.05.